The van der Waals surface area contributed by atoms with Crippen molar-refractivity contribution in [3.63, 3.8) is 0 Å². The van der Waals surface area contributed by atoms with Crippen molar-refractivity contribution in [2.24, 2.45) is 4.99 Å². The molecule has 0 N–H and O–H groups in total. The summed E-state index contributed by atoms with van der Waals surface area (Å²) in [6, 6.07) is 12.4. The van der Waals surface area contributed by atoms with Crippen molar-refractivity contribution in [1.82, 2.24) is 9.78 Å². The lowest BCUT2D eigenvalue weighted by molar-refractivity contribution is 0.562. The van der Waals surface area contributed by atoms with E-state index in [1.54, 1.807) is 0 Å². The minimum Gasteiger partial charge on any atom is -0.260 e. The summed E-state index contributed by atoms with van der Waals surface area (Å²) in [5.74, 6) is 0.959. The van der Waals surface area contributed by atoms with Crippen LogP contribution in [-0.4, -0.2) is 15.6 Å². The van der Waals surface area contributed by atoms with Gasteiger partial charge in [0.15, 0.2) is 5.84 Å². The summed E-state index contributed by atoms with van der Waals surface area (Å²) in [7, 11) is 0. The quantitative estimate of drug-likeness (QED) is 0.752. The lowest BCUT2D eigenvalue weighted by atomic mass is 9.92. The third kappa shape index (κ3) is 1.76. The largest absolute Gasteiger partial charge is 0.260 e. The van der Waals surface area contributed by atoms with Gasteiger partial charge in [0, 0.05) is 11.0 Å². The van der Waals surface area contributed by atoms with Gasteiger partial charge < -0.3 is 0 Å². The predicted octanol–water partition coefficient (Wildman–Crippen LogP) is 2.99. The highest BCUT2D eigenvalue weighted by Crippen LogP contribution is 2.25. The lowest BCUT2D eigenvalue weighted by Gasteiger charge is -2.14. The molecule has 2 aromatic rings. The highest BCUT2D eigenvalue weighted by molar-refractivity contribution is 6.01. The van der Waals surface area contributed by atoms with Crippen LogP contribution < -0.4 is 0 Å². The molecule has 3 rings (SSSR count). The molecule has 3 nitrogen and oxygen atoms in total. The van der Waals surface area contributed by atoms with Crippen LogP contribution in [0.5, 0.6) is 0 Å². The predicted molar refractivity (Wildman–Crippen MR) is 73.0 cm³/mol. The Labute approximate surface area is 107 Å². The van der Waals surface area contributed by atoms with E-state index in [4.69, 9.17) is 5.10 Å². The van der Waals surface area contributed by atoms with Gasteiger partial charge in [-0.25, -0.2) is 4.68 Å². The molecule has 92 valence electrons. The Hall–Kier alpha value is -1.90. The number of hydrogen-bond donors (Lipinski definition) is 0. The Kier molecular flexibility index (Phi) is 2.37. The first-order chi connectivity index (χ1) is 8.55. The van der Waals surface area contributed by atoms with Crippen LogP contribution in [0.3, 0.4) is 0 Å². The molecule has 3 heteroatoms. The van der Waals surface area contributed by atoms with Gasteiger partial charge in [0.2, 0.25) is 0 Å². The van der Waals surface area contributed by atoms with Gasteiger partial charge in [-0.3, -0.25) is 4.99 Å². The fourth-order valence-corrected chi connectivity index (χ4v) is 2.11. The molecule has 1 aliphatic rings. The first kappa shape index (κ1) is 11.2. The molecule has 0 atom stereocenters. The molecule has 0 fully saturated rings. The number of hydrogen-bond acceptors (Lipinski definition) is 2. The van der Waals surface area contributed by atoms with E-state index in [0.717, 1.165) is 23.6 Å². The first-order valence-corrected chi connectivity index (χ1v) is 6.25. The highest BCUT2D eigenvalue weighted by atomic mass is 15.3. The van der Waals surface area contributed by atoms with Gasteiger partial charge in [-0.05, 0) is 6.07 Å². The summed E-state index contributed by atoms with van der Waals surface area (Å²) in [4.78, 5) is 4.57. The summed E-state index contributed by atoms with van der Waals surface area (Å²) in [5.41, 5.74) is 3.51. The third-order valence-corrected chi connectivity index (χ3v) is 3.17. The van der Waals surface area contributed by atoms with Crippen LogP contribution in [0.2, 0.25) is 0 Å². The minimum atomic E-state index is 0.0825. The van der Waals surface area contributed by atoms with Crippen LogP contribution in [0.15, 0.2) is 41.4 Å². The normalized spacial score (nSPS) is 14.5. The van der Waals surface area contributed by atoms with Crippen molar-refractivity contribution >= 4 is 5.84 Å². The molecule has 1 aromatic heterocycles. The van der Waals surface area contributed by atoms with E-state index in [2.05, 4.69) is 44.0 Å². The second kappa shape index (κ2) is 3.80. The second-order valence-corrected chi connectivity index (χ2v) is 5.69. The maximum absolute atomic E-state index is 4.71. The number of aliphatic imine (C=N–C) groups is 1. The van der Waals surface area contributed by atoms with Crippen molar-refractivity contribution < 1.29 is 0 Å². The fraction of sp³-hybridized carbons (Fsp3) is 0.333. The van der Waals surface area contributed by atoms with E-state index in [1.807, 2.05) is 22.9 Å². The average molecular weight is 239 g/mol. The maximum Gasteiger partial charge on any atom is 0.156 e. The van der Waals surface area contributed by atoms with Gasteiger partial charge in [-0.1, -0.05) is 51.1 Å². The smallest absolute Gasteiger partial charge is 0.156 e. The van der Waals surface area contributed by atoms with Gasteiger partial charge in [-0.2, -0.15) is 5.10 Å². The Morgan fingerprint density at radius 2 is 1.83 bits per heavy atom. The van der Waals surface area contributed by atoms with Crippen LogP contribution in [0.4, 0.5) is 0 Å². The zero-order valence-electron chi connectivity index (χ0n) is 11.0. The molecule has 1 aromatic carbocycles. The first-order valence-electron chi connectivity index (χ1n) is 6.25. The van der Waals surface area contributed by atoms with Crippen LogP contribution >= 0.6 is 0 Å². The highest BCUT2D eigenvalue weighted by Gasteiger charge is 2.24. The summed E-state index contributed by atoms with van der Waals surface area (Å²) in [6.45, 7) is 7.28. The molecule has 2 heterocycles. The SMILES string of the molecule is CC(C)(C)c1cc2n(n1)C(c1ccccc1)=NC2. The van der Waals surface area contributed by atoms with Crippen molar-refractivity contribution in [3.05, 3.63) is 53.3 Å². The van der Waals surface area contributed by atoms with Crippen LogP contribution in [0.25, 0.3) is 0 Å². The van der Waals surface area contributed by atoms with Crippen LogP contribution in [0.1, 0.15) is 37.7 Å². The molecule has 0 saturated carbocycles. The molecule has 1 aliphatic heterocycles. The topological polar surface area (TPSA) is 30.2 Å². The van der Waals surface area contributed by atoms with Crippen molar-refractivity contribution in [3.8, 4) is 0 Å². The molecule has 0 bridgehead atoms. The van der Waals surface area contributed by atoms with E-state index in [0.29, 0.717) is 0 Å². The molecule has 0 unspecified atom stereocenters. The molecule has 18 heavy (non-hydrogen) atoms. The Bertz CT molecular complexity index is 600. The van der Waals surface area contributed by atoms with Gasteiger partial charge in [0.25, 0.3) is 0 Å². The van der Waals surface area contributed by atoms with E-state index >= 15 is 0 Å². The number of nitrogens with zero attached hydrogens (tertiary/aromatic N) is 3. The van der Waals surface area contributed by atoms with Gasteiger partial charge in [-0.15, -0.1) is 0 Å². The van der Waals surface area contributed by atoms with Crippen LogP contribution in [0, 0.1) is 0 Å². The van der Waals surface area contributed by atoms with E-state index in [1.165, 1.54) is 5.69 Å². The molecular weight excluding hydrogens is 222 g/mol. The monoisotopic (exact) mass is 239 g/mol. The zero-order chi connectivity index (χ0) is 12.8. The average Bonchev–Trinajstić information content (AvgIpc) is 2.88. The molecule has 0 spiro atoms. The molecular formula is C15H17N3. The zero-order valence-corrected chi connectivity index (χ0v) is 11.0. The molecule has 0 amide bonds. The Balaban J connectivity index is 2.04. The van der Waals surface area contributed by atoms with Crippen molar-refractivity contribution in [2.45, 2.75) is 32.7 Å². The summed E-state index contributed by atoms with van der Waals surface area (Å²) >= 11 is 0. The lowest BCUT2D eigenvalue weighted by Crippen LogP contribution is -2.16. The van der Waals surface area contributed by atoms with E-state index < -0.39 is 0 Å². The van der Waals surface area contributed by atoms with Crippen LogP contribution in [-0.2, 0) is 12.0 Å². The molecule has 0 radical (unpaired) electrons. The van der Waals surface area contributed by atoms with Gasteiger partial charge in [0.1, 0.15) is 0 Å². The molecule has 0 aliphatic carbocycles. The number of aromatic nitrogens is 2. The van der Waals surface area contributed by atoms with Gasteiger partial charge >= 0.3 is 0 Å². The Morgan fingerprint density at radius 1 is 1.11 bits per heavy atom. The van der Waals surface area contributed by atoms with Crippen molar-refractivity contribution in [2.75, 3.05) is 0 Å². The van der Waals surface area contributed by atoms with E-state index in [9.17, 15) is 0 Å². The van der Waals surface area contributed by atoms with E-state index in [-0.39, 0.29) is 5.41 Å². The molecule has 0 saturated heterocycles. The number of benzene rings is 1. The second-order valence-electron chi connectivity index (χ2n) is 5.69. The fourth-order valence-electron chi connectivity index (χ4n) is 2.11. The maximum atomic E-state index is 4.71. The third-order valence-electron chi connectivity index (χ3n) is 3.17. The number of rotatable bonds is 1. The Morgan fingerprint density at radius 3 is 2.50 bits per heavy atom. The van der Waals surface area contributed by atoms with Crippen molar-refractivity contribution in [1.29, 1.82) is 0 Å². The summed E-state index contributed by atoms with van der Waals surface area (Å²) in [6.07, 6.45) is 0. The summed E-state index contributed by atoms with van der Waals surface area (Å²) in [5, 5.41) is 4.71. The van der Waals surface area contributed by atoms with Gasteiger partial charge in [0.05, 0.1) is 17.9 Å². The standard InChI is InChI=1S/C15H17N3/c1-15(2,3)13-9-12-10-16-14(18(12)17-13)11-7-5-4-6-8-11/h4-9H,10H2,1-3H3. The minimum absolute atomic E-state index is 0.0825. The summed E-state index contributed by atoms with van der Waals surface area (Å²) < 4.78 is 1.98. The number of fused-ring (bicyclic) bond motifs is 1.